The molecule has 94 valence electrons. The minimum atomic E-state index is -4.63. The van der Waals surface area contributed by atoms with Crippen molar-refractivity contribution in [1.82, 2.24) is 0 Å². The molecule has 1 aromatic rings. The molecule has 0 radical (unpaired) electrons. The molecule has 0 N–H and O–H groups in total. The van der Waals surface area contributed by atoms with Gasteiger partial charge in [-0.15, -0.1) is 13.2 Å². The molecule has 17 heavy (non-hydrogen) atoms. The van der Waals surface area contributed by atoms with Crippen LogP contribution in [0.5, 0.6) is 5.75 Å². The first-order chi connectivity index (χ1) is 7.94. The molecule has 1 aliphatic rings. The number of anilines is 1. The molecule has 5 heteroatoms. The molecule has 1 aromatic carbocycles. The first-order valence-electron chi connectivity index (χ1n) is 5.56. The summed E-state index contributed by atoms with van der Waals surface area (Å²) in [6.45, 7) is 3.56. The summed E-state index contributed by atoms with van der Waals surface area (Å²) in [6.07, 6.45) is -2.46. The molecule has 1 fully saturated rings. The van der Waals surface area contributed by atoms with Crippen LogP contribution in [0.25, 0.3) is 0 Å². The van der Waals surface area contributed by atoms with Gasteiger partial charge in [0.25, 0.3) is 0 Å². The number of halogens is 3. The highest BCUT2D eigenvalue weighted by atomic mass is 19.4. The first kappa shape index (κ1) is 12.1. The Hall–Kier alpha value is -1.39. The Morgan fingerprint density at radius 2 is 1.76 bits per heavy atom. The van der Waals surface area contributed by atoms with Gasteiger partial charge in [0, 0.05) is 24.8 Å². The van der Waals surface area contributed by atoms with E-state index in [1.807, 2.05) is 6.07 Å². The van der Waals surface area contributed by atoms with Crippen molar-refractivity contribution in [3.8, 4) is 5.75 Å². The fraction of sp³-hybridized carbons (Fsp3) is 0.500. The number of hydrogen-bond acceptors (Lipinski definition) is 2. The van der Waals surface area contributed by atoms with Crippen molar-refractivity contribution in [3.05, 3.63) is 23.8 Å². The lowest BCUT2D eigenvalue weighted by molar-refractivity contribution is -0.274. The van der Waals surface area contributed by atoms with Crippen LogP contribution in [0.15, 0.2) is 18.2 Å². The summed E-state index contributed by atoms with van der Waals surface area (Å²) in [5, 5.41) is 0. The highest BCUT2D eigenvalue weighted by Gasteiger charge is 2.31. The third kappa shape index (κ3) is 3.28. The van der Waals surface area contributed by atoms with Gasteiger partial charge in [-0.25, -0.2) is 0 Å². The van der Waals surface area contributed by atoms with Crippen molar-refractivity contribution in [1.29, 1.82) is 0 Å². The Kier molecular flexibility index (Phi) is 3.17. The summed E-state index contributed by atoms with van der Waals surface area (Å²) in [5.74, 6) is -0.139. The van der Waals surface area contributed by atoms with Gasteiger partial charge >= 0.3 is 6.36 Å². The molecule has 0 atom stereocenters. The number of benzene rings is 1. The van der Waals surface area contributed by atoms with Crippen LogP contribution in [0, 0.1) is 6.92 Å². The summed E-state index contributed by atoms with van der Waals surface area (Å²) in [5.41, 5.74) is 1.58. The van der Waals surface area contributed by atoms with Gasteiger partial charge in [-0.1, -0.05) is 0 Å². The standard InChI is InChI=1S/C12H14F3NO/c1-9-6-10(16-4-2-3-5-16)8-11(7-9)17-12(13,14)15/h6-8H,2-5H2,1H3. The highest BCUT2D eigenvalue weighted by molar-refractivity contribution is 5.53. The number of hydrogen-bond donors (Lipinski definition) is 0. The van der Waals surface area contributed by atoms with Gasteiger partial charge in [-0.3, -0.25) is 0 Å². The third-order valence-electron chi connectivity index (χ3n) is 2.74. The molecule has 0 aromatic heterocycles. The van der Waals surface area contributed by atoms with E-state index in [0.29, 0.717) is 0 Å². The van der Waals surface area contributed by atoms with Gasteiger partial charge in [0.05, 0.1) is 0 Å². The second-order valence-electron chi connectivity index (χ2n) is 4.25. The van der Waals surface area contributed by atoms with Crippen LogP contribution in [0.4, 0.5) is 18.9 Å². The zero-order valence-electron chi connectivity index (χ0n) is 9.55. The molecule has 0 amide bonds. The van der Waals surface area contributed by atoms with Gasteiger partial charge in [0.15, 0.2) is 0 Å². The maximum absolute atomic E-state index is 12.1. The molecule has 2 rings (SSSR count). The lowest BCUT2D eigenvalue weighted by Gasteiger charge is -2.19. The van der Waals surface area contributed by atoms with Gasteiger partial charge in [-0.05, 0) is 37.5 Å². The second kappa shape index (κ2) is 4.47. The average molecular weight is 245 g/mol. The van der Waals surface area contributed by atoms with Crippen LogP contribution < -0.4 is 9.64 Å². The van der Waals surface area contributed by atoms with Crippen molar-refractivity contribution in [3.63, 3.8) is 0 Å². The van der Waals surface area contributed by atoms with Gasteiger partial charge in [0.1, 0.15) is 5.75 Å². The summed E-state index contributed by atoms with van der Waals surface area (Å²) in [4.78, 5) is 2.08. The summed E-state index contributed by atoms with van der Waals surface area (Å²) in [6, 6.07) is 4.73. The molecule has 0 saturated carbocycles. The van der Waals surface area contributed by atoms with Crippen LogP contribution in [0.3, 0.4) is 0 Å². The first-order valence-corrected chi connectivity index (χ1v) is 5.56. The highest BCUT2D eigenvalue weighted by Crippen LogP contribution is 2.30. The van der Waals surface area contributed by atoms with Gasteiger partial charge in [-0.2, -0.15) is 0 Å². The normalized spacial score (nSPS) is 16.4. The Morgan fingerprint density at radius 3 is 2.35 bits per heavy atom. The van der Waals surface area contributed by atoms with Crippen LogP contribution >= 0.6 is 0 Å². The largest absolute Gasteiger partial charge is 0.573 e. The van der Waals surface area contributed by atoms with Crippen molar-refractivity contribution in [2.24, 2.45) is 0 Å². The van der Waals surface area contributed by atoms with E-state index in [9.17, 15) is 13.2 Å². The van der Waals surface area contributed by atoms with E-state index in [2.05, 4.69) is 9.64 Å². The SMILES string of the molecule is Cc1cc(OC(F)(F)F)cc(N2CCCC2)c1. The van der Waals surface area contributed by atoms with Crippen LogP contribution in [0.1, 0.15) is 18.4 Å². The van der Waals surface area contributed by atoms with Gasteiger partial charge < -0.3 is 9.64 Å². The minimum absolute atomic E-state index is 0.139. The number of rotatable bonds is 2. The van der Waals surface area contributed by atoms with Crippen molar-refractivity contribution >= 4 is 5.69 Å². The minimum Gasteiger partial charge on any atom is -0.406 e. The van der Waals surface area contributed by atoms with E-state index < -0.39 is 6.36 Å². The van der Waals surface area contributed by atoms with Gasteiger partial charge in [0.2, 0.25) is 0 Å². The fourth-order valence-electron chi connectivity index (χ4n) is 2.08. The summed E-state index contributed by atoms with van der Waals surface area (Å²) in [7, 11) is 0. The molecule has 1 heterocycles. The van der Waals surface area contributed by atoms with E-state index in [1.54, 1.807) is 6.92 Å². The lowest BCUT2D eigenvalue weighted by Crippen LogP contribution is -2.20. The molecule has 0 aliphatic carbocycles. The Labute approximate surface area is 98.0 Å². The van der Waals surface area contributed by atoms with E-state index in [0.717, 1.165) is 37.2 Å². The van der Waals surface area contributed by atoms with Crippen LogP contribution in [-0.4, -0.2) is 19.5 Å². The predicted molar refractivity (Wildman–Crippen MR) is 59.3 cm³/mol. The number of ether oxygens (including phenoxy) is 1. The zero-order valence-corrected chi connectivity index (χ0v) is 9.55. The molecule has 1 saturated heterocycles. The maximum Gasteiger partial charge on any atom is 0.573 e. The third-order valence-corrected chi connectivity index (χ3v) is 2.74. The fourth-order valence-corrected chi connectivity index (χ4v) is 2.08. The van der Waals surface area contributed by atoms with Crippen molar-refractivity contribution in [2.45, 2.75) is 26.1 Å². The Balaban J connectivity index is 2.22. The lowest BCUT2D eigenvalue weighted by atomic mass is 10.2. The van der Waals surface area contributed by atoms with E-state index in [-0.39, 0.29) is 5.75 Å². The number of alkyl halides is 3. The molecule has 1 aliphatic heterocycles. The van der Waals surface area contributed by atoms with Crippen molar-refractivity contribution in [2.75, 3.05) is 18.0 Å². The van der Waals surface area contributed by atoms with E-state index in [4.69, 9.17) is 0 Å². The quantitative estimate of drug-likeness (QED) is 0.790. The smallest absolute Gasteiger partial charge is 0.406 e. The zero-order chi connectivity index (χ0) is 12.5. The maximum atomic E-state index is 12.1. The number of aryl methyl sites for hydroxylation is 1. The predicted octanol–water partition coefficient (Wildman–Crippen LogP) is 3.49. The summed E-state index contributed by atoms with van der Waals surface area (Å²) >= 11 is 0. The monoisotopic (exact) mass is 245 g/mol. The molecule has 0 bridgehead atoms. The molecular weight excluding hydrogens is 231 g/mol. The Morgan fingerprint density at radius 1 is 1.12 bits per heavy atom. The molecule has 0 spiro atoms. The average Bonchev–Trinajstić information content (AvgIpc) is 2.65. The summed E-state index contributed by atoms with van der Waals surface area (Å²) < 4.78 is 40.4. The van der Waals surface area contributed by atoms with E-state index in [1.165, 1.54) is 12.1 Å². The second-order valence-corrected chi connectivity index (χ2v) is 4.25. The van der Waals surface area contributed by atoms with Crippen LogP contribution in [-0.2, 0) is 0 Å². The molecule has 0 unspecified atom stereocenters. The topological polar surface area (TPSA) is 12.5 Å². The van der Waals surface area contributed by atoms with Crippen molar-refractivity contribution < 1.29 is 17.9 Å². The van der Waals surface area contributed by atoms with E-state index >= 15 is 0 Å². The molecule has 2 nitrogen and oxygen atoms in total. The molecular formula is C12H14F3NO. The number of nitrogens with zero attached hydrogens (tertiary/aromatic N) is 1. The Bertz CT molecular complexity index is 397. The van der Waals surface area contributed by atoms with Crippen LogP contribution in [0.2, 0.25) is 0 Å².